The minimum Gasteiger partial charge on any atom is -0.472 e. The van der Waals surface area contributed by atoms with E-state index >= 15 is 0 Å². The molecular formula is C23H20N4O3S2. The first kappa shape index (κ1) is 20.6. The number of aliphatic hydroxyl groups is 1. The van der Waals surface area contributed by atoms with Gasteiger partial charge in [0.15, 0.2) is 0 Å². The molecule has 0 aliphatic rings. The summed E-state index contributed by atoms with van der Waals surface area (Å²) in [5.41, 5.74) is 2.50. The molecular weight excluding hydrogens is 444 g/mol. The van der Waals surface area contributed by atoms with Gasteiger partial charge in [0.25, 0.3) is 5.91 Å². The molecule has 1 amide bonds. The van der Waals surface area contributed by atoms with Gasteiger partial charge in [0.05, 0.1) is 35.1 Å². The number of carbonyl (C=O) groups excluding carboxylic acids is 1. The number of hydrogen-bond donors (Lipinski definition) is 2. The molecule has 0 spiro atoms. The van der Waals surface area contributed by atoms with Gasteiger partial charge in [0, 0.05) is 33.8 Å². The zero-order valence-corrected chi connectivity index (χ0v) is 19.0. The van der Waals surface area contributed by atoms with Crippen LogP contribution < -0.4 is 5.32 Å². The Balaban J connectivity index is 1.50. The number of amides is 1. The zero-order valence-electron chi connectivity index (χ0n) is 17.4. The maximum atomic E-state index is 13.0. The number of aromatic nitrogens is 3. The Bertz CT molecular complexity index is 1380. The highest BCUT2D eigenvalue weighted by molar-refractivity contribution is 7.20. The van der Waals surface area contributed by atoms with Gasteiger partial charge in [0.2, 0.25) is 0 Å². The lowest BCUT2D eigenvalue weighted by Gasteiger charge is -2.16. The van der Waals surface area contributed by atoms with Crippen LogP contribution in [0, 0.1) is 0 Å². The van der Waals surface area contributed by atoms with Crippen molar-refractivity contribution in [3.8, 4) is 21.0 Å². The van der Waals surface area contributed by atoms with Crippen LogP contribution in [0.2, 0.25) is 0 Å². The van der Waals surface area contributed by atoms with E-state index in [1.807, 2.05) is 41.9 Å². The molecule has 7 nitrogen and oxygen atoms in total. The second-order valence-corrected chi connectivity index (χ2v) is 9.88. The van der Waals surface area contributed by atoms with Crippen LogP contribution in [0.3, 0.4) is 0 Å². The molecule has 32 heavy (non-hydrogen) atoms. The van der Waals surface area contributed by atoms with Crippen LogP contribution in [0.15, 0.2) is 64.2 Å². The fraction of sp³-hybridized carbons (Fsp3) is 0.174. The first-order valence-corrected chi connectivity index (χ1v) is 11.7. The highest BCUT2D eigenvalue weighted by Crippen LogP contribution is 2.34. The van der Waals surface area contributed by atoms with Gasteiger partial charge in [-0.1, -0.05) is 6.07 Å². The van der Waals surface area contributed by atoms with E-state index in [4.69, 9.17) is 4.42 Å². The first-order chi connectivity index (χ1) is 15.4. The number of hydrogen-bond acceptors (Lipinski definition) is 7. The van der Waals surface area contributed by atoms with Crippen LogP contribution in [-0.2, 0) is 6.54 Å². The molecule has 0 fully saturated rings. The third kappa shape index (κ3) is 4.22. The van der Waals surface area contributed by atoms with Gasteiger partial charge in [0.1, 0.15) is 10.7 Å². The van der Waals surface area contributed by atoms with Crippen molar-refractivity contribution in [1.29, 1.82) is 0 Å². The molecule has 0 bridgehead atoms. The minimum absolute atomic E-state index is 0.281. The van der Waals surface area contributed by atoms with Crippen LogP contribution in [0.25, 0.3) is 31.9 Å². The lowest BCUT2D eigenvalue weighted by molar-refractivity contribution is 0.0580. The fourth-order valence-electron chi connectivity index (χ4n) is 3.44. The second-order valence-electron chi connectivity index (χ2n) is 8.08. The van der Waals surface area contributed by atoms with Crippen LogP contribution >= 0.6 is 22.7 Å². The summed E-state index contributed by atoms with van der Waals surface area (Å²) in [6, 6.07) is 9.58. The van der Waals surface area contributed by atoms with Crippen LogP contribution in [0.5, 0.6) is 0 Å². The van der Waals surface area contributed by atoms with Crippen LogP contribution in [0.4, 0.5) is 5.69 Å². The molecule has 0 saturated carbocycles. The Kier molecular flexibility index (Phi) is 5.16. The summed E-state index contributed by atoms with van der Waals surface area (Å²) in [5, 5.41) is 23.2. The molecule has 9 heteroatoms. The van der Waals surface area contributed by atoms with Crippen molar-refractivity contribution in [2.45, 2.75) is 26.0 Å². The molecule has 2 N–H and O–H groups in total. The van der Waals surface area contributed by atoms with E-state index in [0.29, 0.717) is 17.9 Å². The SMILES string of the molecule is CC(C)(O)Cn1cc2cc(NC(=O)c3csc(-c4cccs4)n3)c(-c3ccoc3)cc2n1. The maximum Gasteiger partial charge on any atom is 0.275 e. The van der Waals surface area contributed by atoms with Crippen molar-refractivity contribution in [2.24, 2.45) is 0 Å². The molecule has 4 heterocycles. The molecule has 0 aliphatic carbocycles. The van der Waals surface area contributed by atoms with E-state index in [0.717, 1.165) is 31.9 Å². The number of fused-ring (bicyclic) bond motifs is 1. The Morgan fingerprint density at radius 3 is 2.88 bits per heavy atom. The summed E-state index contributed by atoms with van der Waals surface area (Å²) in [5.74, 6) is -0.281. The van der Waals surface area contributed by atoms with Crippen molar-refractivity contribution < 1.29 is 14.3 Å². The summed E-state index contributed by atoms with van der Waals surface area (Å²) < 4.78 is 6.97. The van der Waals surface area contributed by atoms with Gasteiger partial charge in [-0.15, -0.1) is 22.7 Å². The summed E-state index contributed by atoms with van der Waals surface area (Å²) >= 11 is 3.04. The highest BCUT2D eigenvalue weighted by Gasteiger charge is 2.19. The van der Waals surface area contributed by atoms with Gasteiger partial charge in [-0.2, -0.15) is 5.10 Å². The Labute approximate surface area is 192 Å². The Hall–Kier alpha value is -3.27. The van der Waals surface area contributed by atoms with Gasteiger partial charge >= 0.3 is 0 Å². The summed E-state index contributed by atoms with van der Waals surface area (Å²) in [4.78, 5) is 18.5. The second kappa shape index (κ2) is 8.01. The predicted molar refractivity (Wildman–Crippen MR) is 127 cm³/mol. The standard InChI is InChI=1S/C23H20N4O3S2/c1-23(2,29)13-27-10-15-8-18(16(9-17(15)26-27)14-5-6-30-11-14)24-21(28)19-12-32-22(25-19)20-4-3-7-31-20/h3-12,29H,13H2,1-2H3,(H,24,28). The van der Waals surface area contributed by atoms with Gasteiger partial charge < -0.3 is 14.8 Å². The topological polar surface area (TPSA) is 93.2 Å². The summed E-state index contributed by atoms with van der Waals surface area (Å²) in [7, 11) is 0. The first-order valence-electron chi connectivity index (χ1n) is 9.93. The number of nitrogens with one attached hydrogen (secondary N) is 1. The lowest BCUT2D eigenvalue weighted by atomic mass is 10.0. The van der Waals surface area contributed by atoms with E-state index in [1.54, 1.807) is 47.8 Å². The van der Waals surface area contributed by atoms with Crippen LogP contribution in [-0.4, -0.2) is 31.4 Å². The van der Waals surface area contributed by atoms with Gasteiger partial charge in [-0.25, -0.2) is 4.98 Å². The molecule has 5 aromatic rings. The van der Waals surface area contributed by atoms with Gasteiger partial charge in [-0.3, -0.25) is 9.48 Å². The summed E-state index contributed by atoms with van der Waals surface area (Å²) in [6.45, 7) is 3.83. The Morgan fingerprint density at radius 1 is 1.28 bits per heavy atom. The van der Waals surface area contributed by atoms with Gasteiger partial charge in [-0.05, 0) is 43.5 Å². The molecule has 0 unspecified atom stereocenters. The number of thiophene rings is 1. The van der Waals surface area contributed by atoms with E-state index < -0.39 is 5.60 Å². The van der Waals surface area contributed by atoms with Crippen molar-refractivity contribution in [3.63, 3.8) is 0 Å². The monoisotopic (exact) mass is 464 g/mol. The van der Waals surface area contributed by atoms with Crippen LogP contribution in [0.1, 0.15) is 24.3 Å². The molecule has 0 aliphatic heterocycles. The number of anilines is 1. The van der Waals surface area contributed by atoms with Crippen molar-refractivity contribution in [2.75, 3.05) is 5.32 Å². The number of furan rings is 1. The number of carbonyl (C=O) groups is 1. The molecule has 162 valence electrons. The quantitative estimate of drug-likeness (QED) is 0.346. The van der Waals surface area contributed by atoms with Crippen molar-refractivity contribution in [1.82, 2.24) is 14.8 Å². The van der Waals surface area contributed by atoms with Crippen molar-refractivity contribution >= 4 is 45.2 Å². The van der Waals surface area contributed by atoms with E-state index in [2.05, 4.69) is 15.4 Å². The summed E-state index contributed by atoms with van der Waals surface area (Å²) in [6.07, 6.45) is 5.08. The zero-order chi connectivity index (χ0) is 22.3. The van der Waals surface area contributed by atoms with E-state index in [9.17, 15) is 9.90 Å². The fourth-order valence-corrected chi connectivity index (χ4v) is 5.05. The molecule has 1 aromatic carbocycles. The van der Waals surface area contributed by atoms with E-state index in [-0.39, 0.29) is 5.91 Å². The molecule has 0 saturated heterocycles. The molecule has 0 atom stereocenters. The largest absolute Gasteiger partial charge is 0.472 e. The smallest absolute Gasteiger partial charge is 0.275 e. The number of rotatable bonds is 6. The number of thiazole rings is 1. The predicted octanol–water partition coefficient (Wildman–Crippen LogP) is 5.50. The third-order valence-electron chi connectivity index (χ3n) is 4.79. The molecule has 0 radical (unpaired) electrons. The normalized spacial score (nSPS) is 11.8. The lowest BCUT2D eigenvalue weighted by Crippen LogP contribution is -2.26. The van der Waals surface area contributed by atoms with Crippen molar-refractivity contribution in [3.05, 3.63) is 65.5 Å². The number of nitrogens with zero attached hydrogens (tertiary/aromatic N) is 3. The van der Waals surface area contributed by atoms with E-state index in [1.165, 1.54) is 11.3 Å². The maximum absolute atomic E-state index is 13.0. The third-order valence-corrected chi connectivity index (χ3v) is 6.67. The Morgan fingerprint density at radius 2 is 2.16 bits per heavy atom. The molecule has 4 aromatic heterocycles. The highest BCUT2D eigenvalue weighted by atomic mass is 32.1. The average molecular weight is 465 g/mol. The minimum atomic E-state index is -0.892. The number of benzene rings is 1. The average Bonchev–Trinajstić information content (AvgIpc) is 3.52. The molecule has 5 rings (SSSR count).